The summed E-state index contributed by atoms with van der Waals surface area (Å²) in [6.07, 6.45) is 1.49. The number of sulfonamides is 1. The maximum absolute atomic E-state index is 13.3. The summed E-state index contributed by atoms with van der Waals surface area (Å²) in [6, 6.07) is 18.0. The van der Waals surface area contributed by atoms with Crippen LogP contribution in [-0.2, 0) is 26.1 Å². The summed E-state index contributed by atoms with van der Waals surface area (Å²) < 4.78 is 33.0. The van der Waals surface area contributed by atoms with Gasteiger partial charge in [0, 0.05) is 25.4 Å². The number of carbonyl (C=O) groups is 2. The summed E-state index contributed by atoms with van der Waals surface area (Å²) in [4.78, 5) is 32.7. The largest absolute Gasteiger partial charge is 0.420 e. The third kappa shape index (κ3) is 5.88. The van der Waals surface area contributed by atoms with Crippen molar-refractivity contribution in [1.82, 2.24) is 14.2 Å². The maximum atomic E-state index is 13.3. The van der Waals surface area contributed by atoms with Gasteiger partial charge in [-0.25, -0.2) is 18.2 Å². The number of likely N-dealkylation sites (N-methyl/N-ethyl adjacent to an activating group) is 1. The molecule has 200 valence electrons. The second kappa shape index (κ2) is 12.2. The third-order valence-electron chi connectivity index (χ3n) is 6.11. The minimum absolute atomic E-state index is 0. The molecule has 0 radical (unpaired) electrons. The van der Waals surface area contributed by atoms with Crippen LogP contribution in [0, 0.1) is 0 Å². The van der Waals surface area contributed by atoms with Gasteiger partial charge in [0.2, 0.25) is 0 Å². The fourth-order valence-corrected chi connectivity index (χ4v) is 5.37. The molecular weight excluding hydrogens is 528 g/mol. The van der Waals surface area contributed by atoms with Gasteiger partial charge < -0.3 is 10.1 Å². The van der Waals surface area contributed by atoms with Crippen LogP contribution in [0.2, 0.25) is 0 Å². The number of esters is 1. The van der Waals surface area contributed by atoms with Gasteiger partial charge in [0.05, 0.1) is 10.5 Å². The second-order valence-corrected chi connectivity index (χ2v) is 10.3. The monoisotopic (exact) mass is 556 g/mol. The summed E-state index contributed by atoms with van der Waals surface area (Å²) in [6.45, 7) is 6.75. The van der Waals surface area contributed by atoms with Crippen molar-refractivity contribution in [3.63, 3.8) is 0 Å². The van der Waals surface area contributed by atoms with Crippen LogP contribution < -0.4 is 5.32 Å². The number of fused-ring (bicyclic) bond motifs is 1. The standard InChI is InChI=1S/C27H28N4O5S.ClH/c1-4-31(5-2)18-19-13-15-20(16-14-19)27(33)36-25-21-10-6-7-11-22(21)37(34,35)30(3)24(25)26(32)29-23-12-8-9-17-28-23;/h6-17H,4-5,18H2,1-3H3,(H,28,29,32);1H. The van der Waals surface area contributed by atoms with E-state index in [0.717, 1.165) is 29.5 Å². The average Bonchev–Trinajstić information content (AvgIpc) is 2.91. The van der Waals surface area contributed by atoms with Crippen LogP contribution in [-0.4, -0.2) is 54.6 Å². The molecule has 11 heteroatoms. The Labute approximate surface area is 228 Å². The van der Waals surface area contributed by atoms with Crippen molar-refractivity contribution in [2.24, 2.45) is 0 Å². The number of carbonyl (C=O) groups excluding carboxylic acids is 2. The van der Waals surface area contributed by atoms with Crippen molar-refractivity contribution >= 4 is 45.9 Å². The van der Waals surface area contributed by atoms with Crippen LogP contribution in [0.15, 0.2) is 83.5 Å². The molecule has 0 atom stereocenters. The average molecular weight is 557 g/mol. The molecule has 0 fully saturated rings. The molecule has 2 aromatic carbocycles. The Hall–Kier alpha value is -3.73. The molecule has 1 aromatic heterocycles. The van der Waals surface area contributed by atoms with Gasteiger partial charge >= 0.3 is 5.97 Å². The topological polar surface area (TPSA) is 109 Å². The van der Waals surface area contributed by atoms with Crippen molar-refractivity contribution in [1.29, 1.82) is 0 Å². The maximum Gasteiger partial charge on any atom is 0.343 e. The summed E-state index contributed by atoms with van der Waals surface area (Å²) in [7, 11) is -2.82. The van der Waals surface area contributed by atoms with Crippen molar-refractivity contribution in [3.8, 4) is 0 Å². The second-order valence-electron chi connectivity index (χ2n) is 8.36. The van der Waals surface area contributed by atoms with E-state index in [0.29, 0.717) is 0 Å². The van der Waals surface area contributed by atoms with Gasteiger partial charge in [-0.15, -0.1) is 12.4 Å². The number of halogens is 1. The number of pyridine rings is 1. The molecule has 4 rings (SSSR count). The lowest BCUT2D eigenvalue weighted by atomic mass is 10.1. The van der Waals surface area contributed by atoms with Gasteiger partial charge in [-0.2, -0.15) is 0 Å². The van der Waals surface area contributed by atoms with Crippen molar-refractivity contribution < 1.29 is 22.7 Å². The smallest absolute Gasteiger partial charge is 0.343 e. The van der Waals surface area contributed by atoms with Crippen LogP contribution in [0.25, 0.3) is 5.76 Å². The number of nitrogens with zero attached hydrogens (tertiary/aromatic N) is 3. The summed E-state index contributed by atoms with van der Waals surface area (Å²) >= 11 is 0. The number of aromatic nitrogens is 1. The van der Waals surface area contributed by atoms with Crippen LogP contribution in [0.1, 0.15) is 35.3 Å². The molecule has 1 N–H and O–H groups in total. The van der Waals surface area contributed by atoms with E-state index in [-0.39, 0.29) is 45.7 Å². The fraction of sp³-hybridized carbons (Fsp3) is 0.222. The molecule has 1 aliphatic rings. The highest BCUT2D eigenvalue weighted by Gasteiger charge is 2.39. The van der Waals surface area contributed by atoms with Crippen LogP contribution >= 0.6 is 12.4 Å². The predicted octanol–water partition coefficient (Wildman–Crippen LogP) is 4.14. The Bertz CT molecular complexity index is 1440. The number of ether oxygens (including phenoxy) is 1. The predicted molar refractivity (Wildman–Crippen MR) is 147 cm³/mol. The van der Waals surface area contributed by atoms with E-state index < -0.39 is 21.9 Å². The highest BCUT2D eigenvalue weighted by atomic mass is 35.5. The molecule has 0 unspecified atom stereocenters. The number of hydrogen-bond acceptors (Lipinski definition) is 7. The molecule has 0 aliphatic carbocycles. The lowest BCUT2D eigenvalue weighted by Gasteiger charge is -2.30. The van der Waals surface area contributed by atoms with E-state index in [2.05, 4.69) is 29.0 Å². The lowest BCUT2D eigenvalue weighted by molar-refractivity contribution is -0.113. The summed E-state index contributed by atoms with van der Waals surface area (Å²) in [5.41, 5.74) is 1.12. The molecule has 0 saturated carbocycles. The van der Waals surface area contributed by atoms with Crippen LogP contribution in [0.3, 0.4) is 0 Å². The van der Waals surface area contributed by atoms with Gasteiger partial charge in [-0.05, 0) is 55.1 Å². The normalized spacial score (nSPS) is 13.9. The number of nitrogens with one attached hydrogen (secondary N) is 1. The Kier molecular flexibility index (Phi) is 9.26. The SMILES string of the molecule is CCN(CC)Cc1ccc(C(=O)OC2=C(C(=O)Nc3ccccn3)N(C)S(=O)(=O)c3ccccc32)cc1.Cl. The van der Waals surface area contributed by atoms with Gasteiger partial charge in [0.15, 0.2) is 11.5 Å². The van der Waals surface area contributed by atoms with Gasteiger partial charge in [-0.1, -0.05) is 44.2 Å². The molecule has 0 spiro atoms. The number of benzene rings is 2. The van der Waals surface area contributed by atoms with Crippen molar-refractivity contribution in [2.45, 2.75) is 25.3 Å². The zero-order valence-corrected chi connectivity index (χ0v) is 22.9. The molecule has 0 saturated heterocycles. The minimum atomic E-state index is -4.06. The van der Waals surface area contributed by atoms with Crippen molar-refractivity contribution in [3.05, 3.63) is 95.3 Å². The molecule has 1 amide bonds. The molecular formula is C27H29ClN4O5S. The van der Waals surface area contributed by atoms with Crippen LogP contribution in [0.4, 0.5) is 5.82 Å². The fourth-order valence-electron chi connectivity index (χ4n) is 3.98. The number of amides is 1. The Morgan fingerprint density at radius 3 is 2.26 bits per heavy atom. The molecule has 3 aromatic rings. The van der Waals surface area contributed by atoms with Gasteiger partial charge in [-0.3, -0.25) is 14.0 Å². The number of hydrogen-bond donors (Lipinski definition) is 1. The highest BCUT2D eigenvalue weighted by Crippen LogP contribution is 2.37. The first kappa shape index (κ1) is 28.8. The Balaban J connectivity index is 0.00000400. The van der Waals surface area contributed by atoms with E-state index in [4.69, 9.17) is 4.74 Å². The molecule has 1 aliphatic heterocycles. The first-order valence-corrected chi connectivity index (χ1v) is 13.3. The van der Waals surface area contributed by atoms with Crippen LogP contribution in [0.5, 0.6) is 0 Å². The van der Waals surface area contributed by atoms with Gasteiger partial charge in [0.1, 0.15) is 5.82 Å². The molecule has 2 heterocycles. The van der Waals surface area contributed by atoms with E-state index in [1.165, 1.54) is 25.4 Å². The zero-order chi connectivity index (χ0) is 26.6. The highest BCUT2D eigenvalue weighted by molar-refractivity contribution is 7.89. The zero-order valence-electron chi connectivity index (χ0n) is 21.2. The first-order chi connectivity index (χ1) is 17.8. The molecule has 9 nitrogen and oxygen atoms in total. The minimum Gasteiger partial charge on any atom is -0.420 e. The van der Waals surface area contributed by atoms with Crippen molar-refractivity contribution in [2.75, 3.05) is 25.5 Å². The van der Waals surface area contributed by atoms with E-state index >= 15 is 0 Å². The quantitative estimate of drug-likeness (QED) is 0.415. The molecule has 38 heavy (non-hydrogen) atoms. The summed E-state index contributed by atoms with van der Waals surface area (Å²) in [5.74, 6) is -1.43. The number of rotatable bonds is 8. The first-order valence-electron chi connectivity index (χ1n) is 11.8. The number of anilines is 1. The van der Waals surface area contributed by atoms with E-state index in [1.807, 2.05) is 12.1 Å². The van der Waals surface area contributed by atoms with E-state index in [1.54, 1.807) is 42.5 Å². The summed E-state index contributed by atoms with van der Waals surface area (Å²) in [5, 5.41) is 2.58. The van der Waals surface area contributed by atoms with Gasteiger partial charge in [0.25, 0.3) is 15.9 Å². The van der Waals surface area contributed by atoms with E-state index in [9.17, 15) is 18.0 Å². The molecule has 0 bridgehead atoms. The Morgan fingerprint density at radius 2 is 1.63 bits per heavy atom. The third-order valence-corrected chi connectivity index (χ3v) is 7.92. The lowest BCUT2D eigenvalue weighted by Crippen LogP contribution is -2.38. The Morgan fingerprint density at radius 1 is 0.974 bits per heavy atom.